The average molecular weight is 275 g/mol. The van der Waals surface area contributed by atoms with Crippen LogP contribution in [-0.2, 0) is 9.53 Å². The molecule has 2 N–H and O–H groups in total. The Kier molecular flexibility index (Phi) is 4.70. The van der Waals surface area contributed by atoms with Gasteiger partial charge in [0.25, 0.3) is 5.91 Å². The molecule has 1 fully saturated rings. The van der Waals surface area contributed by atoms with Gasteiger partial charge in [0, 0.05) is 6.54 Å². The monoisotopic (exact) mass is 275 g/mol. The van der Waals surface area contributed by atoms with E-state index in [1.165, 1.54) is 0 Å². The number of carbonyl (C=O) groups excluding carboxylic acids is 2. The quantitative estimate of drug-likeness (QED) is 0.645. The zero-order valence-corrected chi connectivity index (χ0v) is 11.3. The highest BCUT2D eigenvalue weighted by molar-refractivity contribution is 6.39. The second-order valence-corrected chi connectivity index (χ2v) is 4.33. The highest BCUT2D eigenvalue weighted by atomic mass is 16.5. The summed E-state index contributed by atoms with van der Waals surface area (Å²) in [6, 6.07) is 6.75. The van der Waals surface area contributed by atoms with E-state index < -0.39 is 0 Å². The van der Waals surface area contributed by atoms with Gasteiger partial charge in [-0.25, -0.2) is 4.79 Å². The van der Waals surface area contributed by atoms with E-state index in [0.29, 0.717) is 36.5 Å². The number of hydrogen-bond donors (Lipinski definition) is 2. The number of rotatable bonds is 4. The fourth-order valence-corrected chi connectivity index (χ4v) is 1.81. The molecular weight excluding hydrogens is 258 g/mol. The van der Waals surface area contributed by atoms with Gasteiger partial charge < -0.3 is 10.1 Å². The van der Waals surface area contributed by atoms with Crippen LogP contribution in [0.2, 0.25) is 0 Å². The summed E-state index contributed by atoms with van der Waals surface area (Å²) in [6.45, 7) is 2.81. The predicted molar refractivity (Wildman–Crippen MR) is 75.7 cm³/mol. The van der Waals surface area contributed by atoms with Crippen LogP contribution < -0.4 is 10.7 Å². The summed E-state index contributed by atoms with van der Waals surface area (Å²) in [7, 11) is 0. The van der Waals surface area contributed by atoms with Crippen molar-refractivity contribution >= 4 is 23.3 Å². The molecule has 0 radical (unpaired) electrons. The molecule has 6 nitrogen and oxygen atoms in total. The van der Waals surface area contributed by atoms with Crippen molar-refractivity contribution in [2.75, 3.05) is 18.6 Å². The molecule has 6 heteroatoms. The van der Waals surface area contributed by atoms with Crippen molar-refractivity contribution < 1.29 is 14.3 Å². The van der Waals surface area contributed by atoms with Crippen LogP contribution in [0.5, 0.6) is 0 Å². The van der Waals surface area contributed by atoms with Gasteiger partial charge in [0.2, 0.25) is 0 Å². The van der Waals surface area contributed by atoms with Crippen LogP contribution in [-0.4, -0.2) is 30.7 Å². The van der Waals surface area contributed by atoms with Crippen molar-refractivity contribution in [1.29, 1.82) is 0 Å². The summed E-state index contributed by atoms with van der Waals surface area (Å²) < 4.78 is 4.90. The standard InChI is InChI=1S/C14H17N3O3/c1-2-20-14(19)10-5-7-11(8-6-10)16-17-12-4-3-9-15-13(12)18/h5-8,16H,2-4,9H2,1H3,(H,15,18)/b17-12+. The molecule has 2 rings (SSSR count). The summed E-state index contributed by atoms with van der Waals surface area (Å²) in [5.74, 6) is -0.482. The van der Waals surface area contributed by atoms with E-state index in [1.54, 1.807) is 31.2 Å². The molecule has 1 saturated heterocycles. The van der Waals surface area contributed by atoms with E-state index in [2.05, 4.69) is 15.8 Å². The first-order valence-corrected chi connectivity index (χ1v) is 6.58. The first-order chi connectivity index (χ1) is 9.70. The Labute approximate surface area is 117 Å². The number of carbonyl (C=O) groups is 2. The smallest absolute Gasteiger partial charge is 0.338 e. The first-order valence-electron chi connectivity index (χ1n) is 6.58. The fraction of sp³-hybridized carbons (Fsp3) is 0.357. The van der Waals surface area contributed by atoms with Gasteiger partial charge in [-0.1, -0.05) is 0 Å². The lowest BCUT2D eigenvalue weighted by atomic mass is 10.1. The minimum Gasteiger partial charge on any atom is -0.462 e. The molecule has 1 heterocycles. The van der Waals surface area contributed by atoms with Gasteiger partial charge in [-0.15, -0.1) is 0 Å². The van der Waals surface area contributed by atoms with Crippen molar-refractivity contribution in [2.24, 2.45) is 5.10 Å². The van der Waals surface area contributed by atoms with E-state index in [1.807, 2.05) is 0 Å². The first kappa shape index (κ1) is 14.0. The van der Waals surface area contributed by atoms with Crippen LogP contribution >= 0.6 is 0 Å². The van der Waals surface area contributed by atoms with Crippen LogP contribution in [0.15, 0.2) is 29.4 Å². The van der Waals surface area contributed by atoms with E-state index in [-0.39, 0.29) is 11.9 Å². The topological polar surface area (TPSA) is 79.8 Å². The van der Waals surface area contributed by atoms with E-state index in [9.17, 15) is 9.59 Å². The molecule has 0 aliphatic carbocycles. The maximum absolute atomic E-state index is 11.5. The number of nitrogens with zero attached hydrogens (tertiary/aromatic N) is 1. The van der Waals surface area contributed by atoms with Crippen molar-refractivity contribution in [3.05, 3.63) is 29.8 Å². The number of piperidine rings is 1. The van der Waals surface area contributed by atoms with Crippen LogP contribution in [0, 0.1) is 0 Å². The highest BCUT2D eigenvalue weighted by Gasteiger charge is 2.15. The molecule has 20 heavy (non-hydrogen) atoms. The number of ether oxygens (including phenoxy) is 1. The van der Waals surface area contributed by atoms with Crippen LogP contribution in [0.1, 0.15) is 30.1 Å². The lowest BCUT2D eigenvalue weighted by Gasteiger charge is -2.13. The molecule has 0 saturated carbocycles. The summed E-state index contributed by atoms with van der Waals surface area (Å²) in [6.07, 6.45) is 1.56. The van der Waals surface area contributed by atoms with Crippen molar-refractivity contribution in [1.82, 2.24) is 5.32 Å². The van der Waals surface area contributed by atoms with E-state index >= 15 is 0 Å². The van der Waals surface area contributed by atoms with Gasteiger partial charge in [-0.3, -0.25) is 10.2 Å². The molecule has 106 valence electrons. The number of hydrogen-bond acceptors (Lipinski definition) is 5. The maximum Gasteiger partial charge on any atom is 0.338 e. The molecule has 0 atom stereocenters. The molecule has 1 aliphatic rings. The van der Waals surface area contributed by atoms with Crippen LogP contribution in [0.4, 0.5) is 5.69 Å². The zero-order chi connectivity index (χ0) is 14.4. The number of amides is 1. The lowest BCUT2D eigenvalue weighted by Crippen LogP contribution is -2.37. The Morgan fingerprint density at radius 3 is 2.80 bits per heavy atom. The number of hydrazone groups is 1. The second-order valence-electron chi connectivity index (χ2n) is 4.33. The van der Waals surface area contributed by atoms with Crippen molar-refractivity contribution in [3.63, 3.8) is 0 Å². The van der Waals surface area contributed by atoms with Gasteiger partial charge in [-0.05, 0) is 44.0 Å². The van der Waals surface area contributed by atoms with E-state index in [4.69, 9.17) is 4.74 Å². The van der Waals surface area contributed by atoms with Gasteiger partial charge >= 0.3 is 5.97 Å². The minimum atomic E-state index is -0.350. The predicted octanol–water partition coefficient (Wildman–Crippen LogP) is 1.54. The Hall–Kier alpha value is -2.37. The van der Waals surface area contributed by atoms with Crippen LogP contribution in [0.25, 0.3) is 0 Å². The number of benzene rings is 1. The number of anilines is 1. The van der Waals surface area contributed by atoms with Gasteiger partial charge in [0.05, 0.1) is 17.9 Å². The third kappa shape index (κ3) is 3.57. The summed E-state index contributed by atoms with van der Waals surface area (Å²) in [5, 5.41) is 6.82. The molecule has 0 aromatic heterocycles. The zero-order valence-electron chi connectivity index (χ0n) is 11.3. The molecule has 1 aliphatic heterocycles. The minimum absolute atomic E-state index is 0.133. The molecular formula is C14H17N3O3. The van der Waals surface area contributed by atoms with E-state index in [0.717, 1.165) is 6.42 Å². The van der Waals surface area contributed by atoms with Gasteiger partial charge in [0.15, 0.2) is 0 Å². The summed E-state index contributed by atoms with van der Waals surface area (Å²) in [4.78, 5) is 23.0. The lowest BCUT2D eigenvalue weighted by molar-refractivity contribution is -0.115. The SMILES string of the molecule is CCOC(=O)c1ccc(N/N=C2\CCCNC2=O)cc1. The number of nitrogens with one attached hydrogen (secondary N) is 2. The Morgan fingerprint density at radius 1 is 1.40 bits per heavy atom. The molecule has 1 aromatic carbocycles. The van der Waals surface area contributed by atoms with Gasteiger partial charge in [0.1, 0.15) is 5.71 Å². The average Bonchev–Trinajstić information content (AvgIpc) is 2.47. The largest absolute Gasteiger partial charge is 0.462 e. The number of esters is 1. The third-order valence-corrected chi connectivity index (χ3v) is 2.85. The molecule has 1 aromatic rings. The second kappa shape index (κ2) is 6.70. The van der Waals surface area contributed by atoms with Crippen molar-refractivity contribution in [3.8, 4) is 0 Å². The summed E-state index contributed by atoms with van der Waals surface area (Å²) >= 11 is 0. The highest BCUT2D eigenvalue weighted by Crippen LogP contribution is 2.11. The summed E-state index contributed by atoms with van der Waals surface area (Å²) in [5.41, 5.74) is 4.51. The Morgan fingerprint density at radius 2 is 2.15 bits per heavy atom. The van der Waals surface area contributed by atoms with Gasteiger partial charge in [-0.2, -0.15) is 5.10 Å². The molecule has 0 bridgehead atoms. The Bertz CT molecular complexity index is 523. The fourth-order valence-electron chi connectivity index (χ4n) is 1.81. The third-order valence-electron chi connectivity index (χ3n) is 2.85. The normalized spacial score (nSPS) is 16.6. The van der Waals surface area contributed by atoms with Crippen LogP contribution in [0.3, 0.4) is 0 Å². The van der Waals surface area contributed by atoms with Crippen molar-refractivity contribution in [2.45, 2.75) is 19.8 Å². The molecule has 0 unspecified atom stereocenters. The Balaban J connectivity index is 1.98. The maximum atomic E-state index is 11.5. The molecule has 1 amide bonds. The molecule has 0 spiro atoms.